The van der Waals surface area contributed by atoms with Crippen LogP contribution in [0, 0.1) is 0 Å². The number of amides is 1. The lowest BCUT2D eigenvalue weighted by atomic mass is 10.2. The van der Waals surface area contributed by atoms with Crippen molar-refractivity contribution in [2.45, 2.75) is 11.0 Å². The molecule has 1 unspecified atom stereocenters. The summed E-state index contributed by atoms with van der Waals surface area (Å²) in [5, 5.41) is 0. The van der Waals surface area contributed by atoms with E-state index in [1.54, 1.807) is 11.8 Å². The lowest BCUT2D eigenvalue weighted by molar-refractivity contribution is -0.0108. The molecule has 1 aromatic carbocycles. The monoisotopic (exact) mass is 285 g/mol. The molecule has 1 aromatic rings. The zero-order valence-corrected chi connectivity index (χ0v) is 11.8. The van der Waals surface area contributed by atoms with E-state index in [1.165, 1.54) is 0 Å². The molecule has 0 saturated carbocycles. The van der Waals surface area contributed by atoms with Gasteiger partial charge in [-0.25, -0.2) is 0 Å². The minimum Gasteiger partial charge on any atom is -0.373 e. The highest BCUT2D eigenvalue weighted by Gasteiger charge is 2.24. The Morgan fingerprint density at radius 2 is 2.22 bits per heavy atom. The molecule has 2 rings (SSSR count). The third kappa shape index (κ3) is 3.19. The standard InChI is InChI=1S/C13H16ClNO2S/c1-18-12-4-2-10(3-5-12)13(16)15-6-7-17-11(8-14)9-15/h2-5,11H,6-9H2,1H3. The molecule has 0 radical (unpaired) electrons. The first kappa shape index (κ1) is 13.7. The molecule has 0 spiro atoms. The highest BCUT2D eigenvalue weighted by Crippen LogP contribution is 2.17. The summed E-state index contributed by atoms with van der Waals surface area (Å²) >= 11 is 7.44. The molecule has 0 aromatic heterocycles. The van der Waals surface area contributed by atoms with Gasteiger partial charge in [-0.15, -0.1) is 23.4 Å². The highest BCUT2D eigenvalue weighted by atomic mass is 35.5. The number of morpholine rings is 1. The van der Waals surface area contributed by atoms with Crippen molar-refractivity contribution in [2.75, 3.05) is 31.8 Å². The minimum atomic E-state index is -0.0464. The maximum absolute atomic E-state index is 12.3. The van der Waals surface area contributed by atoms with Crippen molar-refractivity contribution >= 4 is 29.3 Å². The van der Waals surface area contributed by atoms with Gasteiger partial charge < -0.3 is 9.64 Å². The van der Waals surface area contributed by atoms with Crippen LogP contribution in [-0.2, 0) is 4.74 Å². The summed E-state index contributed by atoms with van der Waals surface area (Å²) in [7, 11) is 0. The molecule has 0 aliphatic carbocycles. The number of thioether (sulfide) groups is 1. The average molecular weight is 286 g/mol. The Kier molecular flexibility index (Phi) is 4.92. The number of nitrogens with zero attached hydrogens (tertiary/aromatic N) is 1. The van der Waals surface area contributed by atoms with Crippen molar-refractivity contribution in [2.24, 2.45) is 0 Å². The maximum atomic E-state index is 12.3. The van der Waals surface area contributed by atoms with Crippen LogP contribution in [0.25, 0.3) is 0 Å². The van der Waals surface area contributed by atoms with E-state index in [0.717, 1.165) is 10.5 Å². The van der Waals surface area contributed by atoms with E-state index in [0.29, 0.717) is 25.6 Å². The quantitative estimate of drug-likeness (QED) is 0.631. The van der Waals surface area contributed by atoms with Crippen LogP contribution < -0.4 is 0 Å². The lowest BCUT2D eigenvalue weighted by Crippen LogP contribution is -2.46. The maximum Gasteiger partial charge on any atom is 0.254 e. The normalized spacial score (nSPS) is 19.9. The predicted octanol–water partition coefficient (Wildman–Crippen LogP) is 2.49. The van der Waals surface area contributed by atoms with E-state index in [-0.39, 0.29) is 12.0 Å². The second kappa shape index (κ2) is 6.45. The summed E-state index contributed by atoms with van der Waals surface area (Å²) in [6, 6.07) is 7.69. The van der Waals surface area contributed by atoms with E-state index >= 15 is 0 Å². The lowest BCUT2D eigenvalue weighted by Gasteiger charge is -2.32. The van der Waals surface area contributed by atoms with Crippen molar-refractivity contribution in [1.29, 1.82) is 0 Å². The Balaban J connectivity index is 2.05. The van der Waals surface area contributed by atoms with E-state index < -0.39 is 0 Å². The molecular weight excluding hydrogens is 270 g/mol. The first-order chi connectivity index (χ1) is 8.74. The molecule has 1 aliphatic heterocycles. The number of ether oxygens (including phenoxy) is 1. The van der Waals surface area contributed by atoms with Gasteiger partial charge in [-0.3, -0.25) is 4.79 Å². The first-order valence-electron chi connectivity index (χ1n) is 5.85. The Morgan fingerprint density at radius 1 is 1.50 bits per heavy atom. The number of carbonyl (C=O) groups is 1. The van der Waals surface area contributed by atoms with Crippen LogP contribution in [0.4, 0.5) is 0 Å². The second-order valence-corrected chi connectivity index (χ2v) is 5.32. The zero-order chi connectivity index (χ0) is 13.0. The molecule has 18 heavy (non-hydrogen) atoms. The van der Waals surface area contributed by atoms with Gasteiger partial charge in [0.1, 0.15) is 0 Å². The van der Waals surface area contributed by atoms with E-state index in [1.807, 2.05) is 35.4 Å². The van der Waals surface area contributed by atoms with Crippen molar-refractivity contribution in [1.82, 2.24) is 4.90 Å². The fourth-order valence-corrected chi connectivity index (χ4v) is 2.51. The van der Waals surface area contributed by atoms with Crippen molar-refractivity contribution in [3.05, 3.63) is 29.8 Å². The van der Waals surface area contributed by atoms with E-state index in [9.17, 15) is 4.79 Å². The minimum absolute atomic E-state index is 0.0464. The van der Waals surface area contributed by atoms with Gasteiger partial charge in [0.15, 0.2) is 0 Å². The Labute approximate surface area is 116 Å². The number of alkyl halides is 1. The van der Waals surface area contributed by atoms with Crippen LogP contribution in [-0.4, -0.2) is 48.7 Å². The fourth-order valence-electron chi connectivity index (χ4n) is 1.91. The third-order valence-corrected chi connectivity index (χ3v) is 4.02. The first-order valence-corrected chi connectivity index (χ1v) is 7.61. The molecule has 1 atom stereocenters. The summed E-state index contributed by atoms with van der Waals surface area (Å²) in [6.45, 7) is 1.77. The number of carbonyl (C=O) groups excluding carboxylic acids is 1. The van der Waals surface area contributed by atoms with Crippen LogP contribution in [0.3, 0.4) is 0 Å². The molecule has 1 saturated heterocycles. The van der Waals surface area contributed by atoms with Gasteiger partial charge in [-0.1, -0.05) is 0 Å². The van der Waals surface area contributed by atoms with Gasteiger partial charge >= 0.3 is 0 Å². The summed E-state index contributed by atoms with van der Waals surface area (Å²) in [5.41, 5.74) is 0.725. The molecule has 1 fully saturated rings. The summed E-state index contributed by atoms with van der Waals surface area (Å²) in [6.07, 6.45) is 1.97. The fraction of sp³-hybridized carbons (Fsp3) is 0.462. The van der Waals surface area contributed by atoms with Crippen molar-refractivity contribution < 1.29 is 9.53 Å². The SMILES string of the molecule is CSc1ccc(C(=O)N2CCOC(CCl)C2)cc1. The largest absolute Gasteiger partial charge is 0.373 e. The van der Waals surface area contributed by atoms with E-state index in [4.69, 9.17) is 16.3 Å². The molecule has 5 heteroatoms. The predicted molar refractivity (Wildman–Crippen MR) is 74.6 cm³/mol. The van der Waals surface area contributed by atoms with Gasteiger partial charge in [0.2, 0.25) is 0 Å². The Hall–Kier alpha value is -0.710. The van der Waals surface area contributed by atoms with Gasteiger partial charge in [-0.2, -0.15) is 0 Å². The number of halogens is 1. The van der Waals surface area contributed by atoms with Crippen LogP contribution in [0.5, 0.6) is 0 Å². The van der Waals surface area contributed by atoms with Crippen molar-refractivity contribution in [3.8, 4) is 0 Å². The zero-order valence-electron chi connectivity index (χ0n) is 10.3. The van der Waals surface area contributed by atoms with E-state index in [2.05, 4.69) is 0 Å². The number of hydrogen-bond donors (Lipinski definition) is 0. The Bertz CT molecular complexity index is 410. The van der Waals surface area contributed by atoms with Gasteiger partial charge in [0, 0.05) is 23.5 Å². The molecule has 1 amide bonds. The van der Waals surface area contributed by atoms with Gasteiger partial charge in [0.05, 0.1) is 18.6 Å². The molecule has 98 valence electrons. The molecule has 1 aliphatic rings. The summed E-state index contributed by atoms with van der Waals surface area (Å²) in [5.74, 6) is 0.482. The summed E-state index contributed by atoms with van der Waals surface area (Å²) < 4.78 is 5.45. The van der Waals surface area contributed by atoms with Crippen LogP contribution >= 0.6 is 23.4 Å². The number of benzene rings is 1. The van der Waals surface area contributed by atoms with Gasteiger partial charge in [0.25, 0.3) is 5.91 Å². The molecular formula is C13H16ClNO2S. The summed E-state index contributed by atoms with van der Waals surface area (Å²) in [4.78, 5) is 15.3. The van der Waals surface area contributed by atoms with Crippen LogP contribution in [0.2, 0.25) is 0 Å². The van der Waals surface area contributed by atoms with Crippen LogP contribution in [0.15, 0.2) is 29.2 Å². The van der Waals surface area contributed by atoms with Crippen molar-refractivity contribution in [3.63, 3.8) is 0 Å². The molecule has 1 heterocycles. The molecule has 0 bridgehead atoms. The third-order valence-electron chi connectivity index (χ3n) is 2.94. The Morgan fingerprint density at radius 3 is 2.83 bits per heavy atom. The topological polar surface area (TPSA) is 29.5 Å². The smallest absolute Gasteiger partial charge is 0.254 e. The second-order valence-electron chi connectivity index (χ2n) is 4.13. The molecule has 0 N–H and O–H groups in total. The molecule has 3 nitrogen and oxygen atoms in total. The number of hydrogen-bond acceptors (Lipinski definition) is 3. The number of rotatable bonds is 3. The van der Waals surface area contributed by atoms with Crippen LogP contribution in [0.1, 0.15) is 10.4 Å². The average Bonchev–Trinajstić information content (AvgIpc) is 2.46. The highest BCUT2D eigenvalue weighted by molar-refractivity contribution is 7.98. The van der Waals surface area contributed by atoms with Gasteiger partial charge in [-0.05, 0) is 30.5 Å².